The number of hydrogen-bond donors (Lipinski definition) is 1. The van der Waals surface area contributed by atoms with Crippen LogP contribution in [0.1, 0.15) is 70.9 Å². The van der Waals surface area contributed by atoms with Gasteiger partial charge in [0.05, 0.1) is 18.1 Å². The lowest BCUT2D eigenvalue weighted by atomic mass is 9.61. The fourth-order valence-corrected chi connectivity index (χ4v) is 8.62. The molecule has 1 saturated heterocycles. The van der Waals surface area contributed by atoms with Crippen molar-refractivity contribution in [3.8, 4) is 0 Å². The van der Waals surface area contributed by atoms with Crippen LogP contribution in [0.25, 0.3) is 0 Å². The van der Waals surface area contributed by atoms with Crippen LogP contribution in [0.4, 0.5) is 5.69 Å². The Balaban J connectivity index is 1.55. The first-order valence-electron chi connectivity index (χ1n) is 15.6. The average molecular weight is 575 g/mol. The highest BCUT2D eigenvalue weighted by molar-refractivity contribution is 6.74. The van der Waals surface area contributed by atoms with Crippen molar-refractivity contribution >= 4 is 20.0 Å². The SMILES string of the molecule is CCCC(CO[Si](C)(C)C(C)(C)C)CC1CC(C(=O)OC)=C2Nc3ccccc3C23CCN(Cc2ccccc2)C13. The van der Waals surface area contributed by atoms with Crippen LogP contribution in [0.2, 0.25) is 18.1 Å². The molecule has 0 amide bonds. The minimum atomic E-state index is -1.86. The third kappa shape index (κ3) is 5.55. The molecule has 2 aromatic rings. The number of nitrogens with zero attached hydrogens (tertiary/aromatic N) is 1. The van der Waals surface area contributed by atoms with Crippen LogP contribution < -0.4 is 5.32 Å². The molecule has 5 nitrogen and oxygen atoms in total. The van der Waals surface area contributed by atoms with E-state index in [0.717, 1.165) is 68.8 Å². The number of anilines is 1. The van der Waals surface area contributed by atoms with Gasteiger partial charge in [-0.3, -0.25) is 4.90 Å². The maximum atomic E-state index is 13.4. The second-order valence-corrected chi connectivity index (χ2v) is 18.9. The summed E-state index contributed by atoms with van der Waals surface area (Å²) < 4.78 is 12.3. The van der Waals surface area contributed by atoms with E-state index in [1.165, 1.54) is 18.2 Å². The number of hydrogen-bond acceptors (Lipinski definition) is 5. The number of likely N-dealkylation sites (tertiary alicyclic amines) is 1. The van der Waals surface area contributed by atoms with E-state index in [9.17, 15) is 4.79 Å². The monoisotopic (exact) mass is 574 g/mol. The fraction of sp³-hybridized carbons (Fsp3) is 0.571. The Hall–Kier alpha value is -2.41. The van der Waals surface area contributed by atoms with E-state index in [1.807, 2.05) is 0 Å². The van der Waals surface area contributed by atoms with Crippen LogP contribution in [0.5, 0.6) is 0 Å². The molecule has 4 atom stereocenters. The number of esters is 1. The van der Waals surface area contributed by atoms with Gasteiger partial charge in [0.25, 0.3) is 0 Å². The zero-order chi connectivity index (χ0) is 29.4. The van der Waals surface area contributed by atoms with Gasteiger partial charge in [0.15, 0.2) is 8.32 Å². The van der Waals surface area contributed by atoms with Gasteiger partial charge in [-0.2, -0.15) is 0 Å². The number of ether oxygens (including phenoxy) is 1. The Morgan fingerprint density at radius 2 is 1.83 bits per heavy atom. The molecule has 6 heteroatoms. The highest BCUT2D eigenvalue weighted by atomic mass is 28.4. The molecular formula is C35H50N2O3Si. The van der Waals surface area contributed by atoms with E-state index >= 15 is 0 Å². The lowest BCUT2D eigenvalue weighted by Gasteiger charge is -2.47. The number of nitrogens with one attached hydrogen (secondary N) is 1. The maximum absolute atomic E-state index is 13.4. The Bertz CT molecular complexity index is 1270. The number of fused-ring (bicyclic) bond motifs is 1. The molecular weight excluding hydrogens is 524 g/mol. The molecule has 2 heterocycles. The molecule has 0 bridgehead atoms. The minimum Gasteiger partial charge on any atom is -0.466 e. The largest absolute Gasteiger partial charge is 0.466 e. The molecule has 1 N–H and O–H groups in total. The van der Waals surface area contributed by atoms with Crippen molar-refractivity contribution in [3.05, 3.63) is 77.0 Å². The first kappa shape index (κ1) is 30.1. The van der Waals surface area contributed by atoms with Crippen molar-refractivity contribution < 1.29 is 14.0 Å². The number of rotatable bonds is 10. The number of methoxy groups -OCH3 is 1. The highest BCUT2D eigenvalue weighted by Gasteiger charge is 2.61. The third-order valence-corrected chi connectivity index (χ3v) is 15.0. The lowest BCUT2D eigenvalue weighted by Crippen LogP contribution is -2.52. The third-order valence-electron chi connectivity index (χ3n) is 10.5. The van der Waals surface area contributed by atoms with Crippen molar-refractivity contribution in [1.82, 2.24) is 4.90 Å². The summed E-state index contributed by atoms with van der Waals surface area (Å²) in [7, 11) is -0.342. The molecule has 41 heavy (non-hydrogen) atoms. The molecule has 0 radical (unpaired) electrons. The molecule has 2 aliphatic heterocycles. The average Bonchev–Trinajstić information content (AvgIpc) is 3.49. The van der Waals surface area contributed by atoms with E-state index in [-0.39, 0.29) is 16.4 Å². The summed E-state index contributed by atoms with van der Waals surface area (Å²) in [5, 5.41) is 3.93. The van der Waals surface area contributed by atoms with E-state index < -0.39 is 8.32 Å². The summed E-state index contributed by atoms with van der Waals surface area (Å²) in [5.74, 6) is 0.598. The molecule has 2 aromatic carbocycles. The van der Waals surface area contributed by atoms with Crippen molar-refractivity contribution in [1.29, 1.82) is 0 Å². The molecule has 0 aromatic heterocycles. The predicted octanol–water partition coefficient (Wildman–Crippen LogP) is 7.90. The maximum Gasteiger partial charge on any atom is 0.335 e. The van der Waals surface area contributed by atoms with Crippen LogP contribution >= 0.6 is 0 Å². The summed E-state index contributed by atoms with van der Waals surface area (Å²) in [5.41, 5.74) is 5.53. The summed E-state index contributed by atoms with van der Waals surface area (Å²) in [6, 6.07) is 19.9. The van der Waals surface area contributed by atoms with E-state index in [1.54, 1.807) is 0 Å². The van der Waals surface area contributed by atoms with Crippen LogP contribution in [-0.2, 0) is 25.9 Å². The lowest BCUT2D eigenvalue weighted by molar-refractivity contribution is -0.136. The molecule has 4 unspecified atom stereocenters. The quantitative estimate of drug-likeness (QED) is 0.231. The standard InChI is InChI=1S/C35H50N2O3Si/c1-8-14-26(24-40-41(6,7)34(2,3)4)21-27-22-28(33(38)39-5)31-35(29-17-12-13-18-30(29)36-31)19-20-37(32(27)35)23-25-15-10-9-11-16-25/h9-13,15-18,26-27,32,36H,8,14,19-24H2,1-7H3. The second-order valence-electron chi connectivity index (χ2n) is 14.1. The Morgan fingerprint density at radius 3 is 2.51 bits per heavy atom. The molecule has 222 valence electrons. The van der Waals surface area contributed by atoms with Gasteiger partial charge in [-0.05, 0) is 72.8 Å². The first-order chi connectivity index (χ1) is 19.5. The van der Waals surface area contributed by atoms with E-state index in [2.05, 4.69) is 106 Å². The van der Waals surface area contributed by atoms with Crippen molar-refractivity contribution in [2.24, 2.45) is 11.8 Å². The number of para-hydroxylation sites is 1. The van der Waals surface area contributed by atoms with Gasteiger partial charge < -0.3 is 14.5 Å². The van der Waals surface area contributed by atoms with Gasteiger partial charge in [0, 0.05) is 37.1 Å². The van der Waals surface area contributed by atoms with E-state index in [0.29, 0.717) is 17.9 Å². The van der Waals surface area contributed by atoms with Gasteiger partial charge >= 0.3 is 5.97 Å². The van der Waals surface area contributed by atoms with Gasteiger partial charge in [0.1, 0.15) is 0 Å². The van der Waals surface area contributed by atoms with Crippen LogP contribution in [0.15, 0.2) is 65.9 Å². The van der Waals surface area contributed by atoms with Gasteiger partial charge in [-0.1, -0.05) is 82.6 Å². The van der Waals surface area contributed by atoms with Crippen molar-refractivity contribution in [2.45, 2.75) is 95.9 Å². The summed E-state index contributed by atoms with van der Waals surface area (Å²) in [4.78, 5) is 16.1. The molecule has 1 aliphatic carbocycles. The Morgan fingerprint density at radius 1 is 1.12 bits per heavy atom. The fourth-order valence-electron chi connectivity index (χ4n) is 7.53. The predicted molar refractivity (Wildman–Crippen MR) is 170 cm³/mol. The van der Waals surface area contributed by atoms with E-state index in [4.69, 9.17) is 9.16 Å². The normalized spacial score (nSPS) is 24.9. The van der Waals surface area contributed by atoms with Crippen LogP contribution in [-0.4, -0.2) is 45.5 Å². The first-order valence-corrected chi connectivity index (χ1v) is 18.5. The van der Waals surface area contributed by atoms with Crippen LogP contribution in [0.3, 0.4) is 0 Å². The van der Waals surface area contributed by atoms with Crippen LogP contribution in [0, 0.1) is 11.8 Å². The number of carbonyl (C=O) groups is 1. The smallest absolute Gasteiger partial charge is 0.335 e. The van der Waals surface area contributed by atoms with Gasteiger partial charge in [0.2, 0.25) is 0 Å². The topological polar surface area (TPSA) is 50.8 Å². The van der Waals surface area contributed by atoms with Gasteiger partial charge in [-0.25, -0.2) is 4.79 Å². The molecule has 3 aliphatic rings. The molecule has 1 spiro atoms. The van der Waals surface area contributed by atoms with Crippen molar-refractivity contribution in [2.75, 3.05) is 25.6 Å². The summed E-state index contributed by atoms with van der Waals surface area (Å²) in [6.45, 7) is 16.7. The minimum absolute atomic E-state index is 0.186. The van der Waals surface area contributed by atoms with Crippen molar-refractivity contribution in [3.63, 3.8) is 0 Å². The Labute approximate surface area is 248 Å². The zero-order valence-corrected chi connectivity index (χ0v) is 27.3. The summed E-state index contributed by atoms with van der Waals surface area (Å²) >= 11 is 0. The summed E-state index contributed by atoms with van der Waals surface area (Å²) in [6.07, 6.45) is 5.07. The number of carbonyl (C=O) groups excluding carboxylic acids is 1. The molecule has 0 saturated carbocycles. The molecule has 1 fully saturated rings. The van der Waals surface area contributed by atoms with Gasteiger partial charge in [-0.15, -0.1) is 0 Å². The highest BCUT2D eigenvalue weighted by Crippen LogP contribution is 2.60. The number of benzene rings is 2. The zero-order valence-electron chi connectivity index (χ0n) is 26.3. The Kier molecular flexibility index (Phi) is 8.57. The second kappa shape index (κ2) is 11.7. The molecule has 5 rings (SSSR count).